The van der Waals surface area contributed by atoms with Crippen LogP contribution in [0, 0.1) is 5.92 Å². The number of anilines is 1. The van der Waals surface area contributed by atoms with E-state index in [1.165, 1.54) is 12.1 Å². The van der Waals surface area contributed by atoms with Gasteiger partial charge in [-0.15, -0.1) is 0 Å². The average Bonchev–Trinajstić information content (AvgIpc) is 2.37. The summed E-state index contributed by atoms with van der Waals surface area (Å²) in [4.78, 5) is 27.6. The van der Waals surface area contributed by atoms with Crippen molar-refractivity contribution < 1.29 is 9.59 Å². The molecule has 1 heterocycles. The number of hydrazine groups is 1. The summed E-state index contributed by atoms with van der Waals surface area (Å²) in [5.41, 5.74) is 6.73. The first-order valence-corrected chi connectivity index (χ1v) is 6.35. The van der Waals surface area contributed by atoms with Crippen LogP contribution in [0.2, 0.25) is 5.15 Å². The van der Waals surface area contributed by atoms with E-state index in [9.17, 15) is 9.59 Å². The number of pyridine rings is 1. The summed E-state index contributed by atoms with van der Waals surface area (Å²) in [7, 11) is 0. The number of nitrogens with one attached hydrogen (secondary N) is 2. The topological polar surface area (TPSA) is 123 Å². The second-order valence-corrected chi connectivity index (χ2v) is 5.27. The van der Waals surface area contributed by atoms with Crippen molar-refractivity contribution in [3.63, 3.8) is 0 Å². The highest BCUT2D eigenvalue weighted by molar-refractivity contribution is 6.30. The summed E-state index contributed by atoms with van der Waals surface area (Å²) in [6, 6.07) is 2.79. The molecule has 0 aliphatic heterocycles. The number of hydrogen-bond donors (Lipinski definition) is 4. The lowest BCUT2D eigenvalue weighted by atomic mass is 9.87. The number of nitrogens with two attached hydrogens (primary N) is 2. The number of carbonyl (C=O) groups is 2. The average molecular weight is 300 g/mol. The van der Waals surface area contributed by atoms with Gasteiger partial charge < -0.3 is 16.5 Å². The van der Waals surface area contributed by atoms with Gasteiger partial charge in [0.05, 0.1) is 0 Å². The smallest absolute Gasteiger partial charge is 0.252 e. The molecule has 0 saturated heterocycles. The normalized spacial score (nSPS) is 13.7. The largest absolute Gasteiger partial charge is 0.368 e. The van der Waals surface area contributed by atoms with Crippen LogP contribution < -0.4 is 22.3 Å². The van der Waals surface area contributed by atoms with Crippen molar-refractivity contribution in [2.45, 2.75) is 26.3 Å². The van der Waals surface area contributed by atoms with Gasteiger partial charge in [0.1, 0.15) is 16.5 Å². The van der Waals surface area contributed by atoms with E-state index in [2.05, 4.69) is 15.7 Å². The summed E-state index contributed by atoms with van der Waals surface area (Å²) in [6.45, 7) is 5.15. The Morgan fingerprint density at radius 2 is 2.00 bits per heavy atom. The van der Waals surface area contributed by atoms with Crippen molar-refractivity contribution in [1.82, 2.24) is 10.3 Å². The molecule has 7 nitrogen and oxygen atoms in total. The van der Waals surface area contributed by atoms with E-state index in [0.29, 0.717) is 0 Å². The molecule has 20 heavy (non-hydrogen) atoms. The molecule has 0 fully saturated rings. The van der Waals surface area contributed by atoms with Crippen LogP contribution in [0.4, 0.5) is 5.82 Å². The van der Waals surface area contributed by atoms with Crippen LogP contribution in [0.1, 0.15) is 31.1 Å². The van der Waals surface area contributed by atoms with Gasteiger partial charge in [0, 0.05) is 5.56 Å². The predicted octanol–water partition coefficient (Wildman–Crippen LogP) is 0.650. The summed E-state index contributed by atoms with van der Waals surface area (Å²) in [5, 5.41) is 2.73. The van der Waals surface area contributed by atoms with Crippen LogP contribution in [0.3, 0.4) is 0 Å². The first kappa shape index (κ1) is 16.2. The summed E-state index contributed by atoms with van der Waals surface area (Å²) in [6.07, 6.45) is 0. The van der Waals surface area contributed by atoms with Gasteiger partial charge in [-0.25, -0.2) is 10.8 Å². The molecule has 1 aromatic heterocycles. The van der Waals surface area contributed by atoms with Crippen LogP contribution in [-0.2, 0) is 4.79 Å². The number of carbonyl (C=O) groups excluding carboxylic acids is 2. The van der Waals surface area contributed by atoms with Gasteiger partial charge in [0.15, 0.2) is 0 Å². The van der Waals surface area contributed by atoms with Crippen molar-refractivity contribution in [2.75, 3.05) is 5.43 Å². The molecular weight excluding hydrogens is 282 g/mol. The maximum absolute atomic E-state index is 12.2. The zero-order valence-corrected chi connectivity index (χ0v) is 12.3. The van der Waals surface area contributed by atoms with E-state index in [1.807, 2.05) is 0 Å². The fourth-order valence-corrected chi connectivity index (χ4v) is 1.71. The van der Waals surface area contributed by atoms with Crippen molar-refractivity contribution in [3.05, 3.63) is 22.8 Å². The highest BCUT2D eigenvalue weighted by atomic mass is 35.5. The van der Waals surface area contributed by atoms with Crippen molar-refractivity contribution in [2.24, 2.45) is 17.5 Å². The lowest BCUT2D eigenvalue weighted by Gasteiger charge is -2.31. The van der Waals surface area contributed by atoms with Crippen LogP contribution in [0.15, 0.2) is 12.1 Å². The molecule has 0 spiro atoms. The molecule has 0 bridgehead atoms. The molecule has 6 N–H and O–H groups in total. The van der Waals surface area contributed by atoms with Crippen molar-refractivity contribution >= 4 is 29.2 Å². The van der Waals surface area contributed by atoms with E-state index in [4.69, 9.17) is 23.2 Å². The monoisotopic (exact) mass is 299 g/mol. The van der Waals surface area contributed by atoms with Crippen LogP contribution in [0.25, 0.3) is 0 Å². The molecule has 1 unspecified atom stereocenters. The second-order valence-electron chi connectivity index (χ2n) is 4.88. The second kappa shape index (κ2) is 6.06. The Hall–Kier alpha value is -1.86. The maximum Gasteiger partial charge on any atom is 0.252 e. The molecule has 110 valence electrons. The Labute approximate surface area is 122 Å². The fourth-order valence-electron chi connectivity index (χ4n) is 1.50. The number of amides is 2. The third-order valence-corrected chi connectivity index (χ3v) is 3.44. The number of halogens is 1. The predicted molar refractivity (Wildman–Crippen MR) is 77.0 cm³/mol. The third kappa shape index (κ3) is 3.37. The zero-order valence-electron chi connectivity index (χ0n) is 11.5. The number of nitrogens with zero attached hydrogens (tertiary/aromatic N) is 1. The third-order valence-electron chi connectivity index (χ3n) is 3.24. The molecule has 1 atom stereocenters. The van der Waals surface area contributed by atoms with Gasteiger partial charge in [-0.05, 0) is 25.0 Å². The SMILES string of the molecule is CC(C)C(C)(NC(=O)c1cc(Cl)nc(NN)c1)C(N)=O. The first-order valence-electron chi connectivity index (χ1n) is 5.97. The molecular formula is C12H18ClN5O2. The lowest BCUT2D eigenvalue weighted by molar-refractivity contribution is -0.125. The van der Waals surface area contributed by atoms with Gasteiger partial charge in [-0.1, -0.05) is 25.4 Å². The molecule has 1 aromatic rings. The van der Waals surface area contributed by atoms with Gasteiger partial charge in [0.2, 0.25) is 5.91 Å². The van der Waals surface area contributed by atoms with Gasteiger partial charge in [-0.3, -0.25) is 9.59 Å². The summed E-state index contributed by atoms with van der Waals surface area (Å²) < 4.78 is 0. The van der Waals surface area contributed by atoms with Crippen LogP contribution in [-0.4, -0.2) is 22.3 Å². The Kier molecular flexibility index (Phi) is 4.91. The molecule has 0 radical (unpaired) electrons. The minimum atomic E-state index is -1.16. The van der Waals surface area contributed by atoms with Crippen LogP contribution >= 0.6 is 11.6 Å². The van der Waals surface area contributed by atoms with Crippen molar-refractivity contribution in [1.29, 1.82) is 0 Å². The van der Waals surface area contributed by atoms with Crippen molar-refractivity contribution in [3.8, 4) is 0 Å². The molecule has 0 aliphatic rings. The first-order chi connectivity index (χ1) is 9.20. The van der Waals surface area contributed by atoms with E-state index in [0.717, 1.165) is 0 Å². The lowest BCUT2D eigenvalue weighted by Crippen LogP contribution is -2.58. The molecule has 1 rings (SSSR count). The molecule has 0 aliphatic carbocycles. The van der Waals surface area contributed by atoms with Gasteiger partial charge in [0.25, 0.3) is 5.91 Å². The Balaban J connectivity index is 3.07. The number of hydrogen-bond acceptors (Lipinski definition) is 5. The quantitative estimate of drug-likeness (QED) is 0.361. The zero-order chi connectivity index (χ0) is 15.5. The highest BCUT2D eigenvalue weighted by Crippen LogP contribution is 2.19. The van der Waals surface area contributed by atoms with Gasteiger partial charge in [-0.2, -0.15) is 0 Å². The van der Waals surface area contributed by atoms with E-state index < -0.39 is 17.4 Å². The maximum atomic E-state index is 12.2. The van der Waals surface area contributed by atoms with Gasteiger partial charge >= 0.3 is 0 Å². The Bertz CT molecular complexity index is 535. The number of rotatable bonds is 5. The fraction of sp³-hybridized carbons (Fsp3) is 0.417. The van der Waals surface area contributed by atoms with E-state index in [-0.39, 0.29) is 22.5 Å². The highest BCUT2D eigenvalue weighted by Gasteiger charge is 2.36. The number of nitrogen functional groups attached to an aromatic ring is 1. The van der Waals surface area contributed by atoms with E-state index in [1.54, 1.807) is 20.8 Å². The number of aromatic nitrogens is 1. The molecule has 2 amide bonds. The standard InChI is InChI=1S/C12H18ClN5O2/c1-6(2)12(3,11(14)20)17-10(19)7-4-8(13)16-9(5-7)18-15/h4-6H,15H2,1-3H3,(H2,14,20)(H,16,18)(H,17,19). The van der Waals surface area contributed by atoms with Crippen LogP contribution in [0.5, 0.6) is 0 Å². The number of primary amides is 1. The minimum absolute atomic E-state index is 0.107. The van der Waals surface area contributed by atoms with E-state index >= 15 is 0 Å². The summed E-state index contributed by atoms with van der Waals surface area (Å²) >= 11 is 5.79. The molecule has 8 heteroatoms. The summed E-state index contributed by atoms with van der Waals surface area (Å²) in [5.74, 6) is 4.21. The molecule has 0 saturated carbocycles. The Morgan fingerprint density at radius 1 is 1.40 bits per heavy atom. The molecule has 0 aromatic carbocycles. The minimum Gasteiger partial charge on any atom is -0.368 e. The Morgan fingerprint density at radius 3 is 2.45 bits per heavy atom.